The number of piperidine rings is 2. The number of methoxy groups -OCH3 is 1. The molecule has 2 aliphatic heterocycles. The molecule has 0 spiro atoms. The van der Waals surface area contributed by atoms with Crippen molar-refractivity contribution >= 4 is 6.09 Å². The molecule has 2 heterocycles. The van der Waals surface area contributed by atoms with Gasteiger partial charge in [0.15, 0.2) is 0 Å². The molecule has 2 aromatic carbocycles. The fourth-order valence-corrected chi connectivity index (χ4v) is 5.68. The minimum atomic E-state index is -0.491. The number of likely N-dealkylation sites (tertiary alicyclic amines) is 2. The van der Waals surface area contributed by atoms with Gasteiger partial charge in [0.1, 0.15) is 5.75 Å². The lowest BCUT2D eigenvalue weighted by molar-refractivity contribution is 0.0830. The molecule has 0 saturated carbocycles. The monoisotopic (exact) mass is 503 g/mol. The second-order valence-corrected chi connectivity index (χ2v) is 11.0. The van der Waals surface area contributed by atoms with Gasteiger partial charge in [-0.15, -0.1) is 0 Å². The third-order valence-corrected chi connectivity index (χ3v) is 8.13. The highest BCUT2D eigenvalue weighted by Crippen LogP contribution is 2.38. The molecule has 6 nitrogen and oxygen atoms in total. The van der Waals surface area contributed by atoms with Gasteiger partial charge in [-0.1, -0.05) is 30.3 Å². The van der Waals surface area contributed by atoms with Crippen molar-refractivity contribution in [2.75, 3.05) is 46.4 Å². The average Bonchev–Trinajstić information content (AvgIpc) is 2.94. The second-order valence-electron chi connectivity index (χ2n) is 11.0. The molecule has 198 valence electrons. The van der Waals surface area contributed by atoms with Crippen LogP contribution in [0.15, 0.2) is 42.5 Å². The molecule has 2 fully saturated rings. The highest BCUT2D eigenvalue weighted by Gasteiger charge is 2.28. The number of carbonyl (C=O) groups excluding carboxylic acids is 1. The number of nitriles is 1. The Kier molecular flexibility index (Phi) is 8.76. The summed E-state index contributed by atoms with van der Waals surface area (Å²) in [5.41, 5.74) is 4.19. The summed E-state index contributed by atoms with van der Waals surface area (Å²) in [6.07, 6.45) is 4.19. The third kappa shape index (κ3) is 6.45. The van der Waals surface area contributed by atoms with Crippen molar-refractivity contribution in [1.82, 2.24) is 9.80 Å². The van der Waals surface area contributed by atoms with E-state index >= 15 is 0 Å². The van der Waals surface area contributed by atoms with E-state index in [0.717, 1.165) is 75.3 Å². The van der Waals surface area contributed by atoms with Gasteiger partial charge in [0.2, 0.25) is 0 Å². The third-order valence-electron chi connectivity index (χ3n) is 8.13. The maximum atomic E-state index is 12.0. The molecule has 0 unspecified atom stereocenters. The fraction of sp³-hybridized carbons (Fsp3) is 0.548. The van der Waals surface area contributed by atoms with Gasteiger partial charge in [-0.3, -0.25) is 0 Å². The zero-order valence-electron chi connectivity index (χ0n) is 22.8. The van der Waals surface area contributed by atoms with Gasteiger partial charge in [0.25, 0.3) is 0 Å². The van der Waals surface area contributed by atoms with E-state index in [1.54, 1.807) is 7.11 Å². The molecular formula is C31H41N3O3. The maximum Gasteiger partial charge on any atom is 0.409 e. The Hall–Kier alpha value is -3.04. The second kappa shape index (κ2) is 12.0. The zero-order chi connectivity index (χ0) is 26.4. The number of amides is 1. The fourth-order valence-electron chi connectivity index (χ4n) is 5.68. The summed E-state index contributed by atoms with van der Waals surface area (Å²) in [6, 6.07) is 17.3. The van der Waals surface area contributed by atoms with Crippen LogP contribution in [0.1, 0.15) is 63.5 Å². The summed E-state index contributed by atoms with van der Waals surface area (Å²) in [6.45, 7) is 11.1. The Bertz CT molecular complexity index is 1090. The van der Waals surface area contributed by atoms with Gasteiger partial charge < -0.3 is 19.3 Å². The number of hydrogen-bond donors (Lipinski definition) is 0. The lowest BCUT2D eigenvalue weighted by Crippen LogP contribution is -2.43. The van der Waals surface area contributed by atoms with E-state index in [9.17, 15) is 10.1 Å². The molecule has 0 N–H and O–H groups in total. The van der Waals surface area contributed by atoms with Crippen LogP contribution in [0.5, 0.6) is 5.75 Å². The lowest BCUT2D eigenvalue weighted by atomic mass is 9.84. The van der Waals surface area contributed by atoms with Crippen molar-refractivity contribution in [2.24, 2.45) is 5.92 Å². The molecule has 4 rings (SSSR count). The maximum absolute atomic E-state index is 12.0. The van der Waals surface area contributed by atoms with Crippen LogP contribution in [0, 0.1) is 17.2 Å². The molecule has 2 aliphatic rings. The summed E-state index contributed by atoms with van der Waals surface area (Å²) in [5.74, 6) is 2.10. The van der Waals surface area contributed by atoms with Crippen LogP contribution in [0.25, 0.3) is 11.1 Å². The quantitative estimate of drug-likeness (QED) is 0.449. The summed E-state index contributed by atoms with van der Waals surface area (Å²) < 4.78 is 10.9. The van der Waals surface area contributed by atoms with Crippen molar-refractivity contribution in [1.29, 1.82) is 5.26 Å². The van der Waals surface area contributed by atoms with Crippen LogP contribution < -0.4 is 4.74 Å². The number of benzene rings is 2. The van der Waals surface area contributed by atoms with Gasteiger partial charge in [-0.05, 0) is 106 Å². The molecule has 1 amide bonds. The highest BCUT2D eigenvalue weighted by molar-refractivity contribution is 5.68. The summed E-state index contributed by atoms with van der Waals surface area (Å²) >= 11 is 0. The molecule has 2 aromatic rings. The van der Waals surface area contributed by atoms with Crippen LogP contribution in [0.4, 0.5) is 4.79 Å². The van der Waals surface area contributed by atoms with Crippen molar-refractivity contribution < 1.29 is 14.3 Å². The highest BCUT2D eigenvalue weighted by atomic mass is 16.6. The van der Waals surface area contributed by atoms with Crippen molar-refractivity contribution in [3.63, 3.8) is 0 Å². The van der Waals surface area contributed by atoms with Crippen LogP contribution in [-0.4, -0.2) is 62.3 Å². The predicted molar refractivity (Wildman–Crippen MR) is 147 cm³/mol. The number of hydrogen-bond acceptors (Lipinski definition) is 5. The normalized spacial score (nSPS) is 17.9. The standard InChI is InChI=1S/C31H41N3O3/c1-5-37-30(35)34-18-12-23(13-19-34)21-33-16-14-25(15-17-33)28-20-26(8-11-29(28)36-4)24-6-9-27(10-7-24)31(2,3)22-32/h6-11,20,23,25H,5,12-19,21H2,1-4H3. The molecule has 37 heavy (non-hydrogen) atoms. The summed E-state index contributed by atoms with van der Waals surface area (Å²) in [7, 11) is 1.76. The first-order chi connectivity index (χ1) is 17.8. The first kappa shape index (κ1) is 27.0. The Morgan fingerprint density at radius 2 is 1.65 bits per heavy atom. The van der Waals surface area contributed by atoms with Crippen LogP contribution in [0.2, 0.25) is 0 Å². The Labute approximate surface area is 222 Å². The molecule has 0 aromatic heterocycles. The summed E-state index contributed by atoms with van der Waals surface area (Å²) in [4.78, 5) is 16.4. The van der Waals surface area contributed by atoms with Crippen molar-refractivity contribution in [3.8, 4) is 22.9 Å². The van der Waals surface area contributed by atoms with Gasteiger partial charge >= 0.3 is 6.09 Å². The van der Waals surface area contributed by atoms with E-state index in [4.69, 9.17) is 9.47 Å². The molecule has 0 atom stereocenters. The Balaban J connectivity index is 1.36. The minimum absolute atomic E-state index is 0.167. The van der Waals surface area contributed by atoms with Gasteiger partial charge in [-0.2, -0.15) is 5.26 Å². The number of ether oxygens (including phenoxy) is 2. The SMILES string of the molecule is CCOC(=O)N1CCC(CN2CCC(c3cc(-c4ccc(C(C)(C)C#N)cc4)ccc3OC)CC2)CC1. The Morgan fingerprint density at radius 3 is 2.24 bits per heavy atom. The van der Waals surface area contributed by atoms with Gasteiger partial charge in [-0.25, -0.2) is 4.79 Å². The van der Waals surface area contributed by atoms with E-state index in [1.807, 2.05) is 25.7 Å². The lowest BCUT2D eigenvalue weighted by Gasteiger charge is -2.37. The number of rotatable bonds is 7. The Morgan fingerprint density at radius 1 is 1.00 bits per heavy atom. The largest absolute Gasteiger partial charge is 0.496 e. The number of nitrogens with zero attached hydrogens (tertiary/aromatic N) is 3. The van der Waals surface area contributed by atoms with Crippen molar-refractivity contribution in [2.45, 2.75) is 57.8 Å². The van der Waals surface area contributed by atoms with Crippen LogP contribution in [-0.2, 0) is 10.2 Å². The first-order valence-corrected chi connectivity index (χ1v) is 13.7. The average molecular weight is 504 g/mol. The molecule has 6 heteroatoms. The molecule has 0 aliphatic carbocycles. The van der Waals surface area contributed by atoms with Crippen molar-refractivity contribution in [3.05, 3.63) is 53.6 Å². The van der Waals surface area contributed by atoms with E-state index in [0.29, 0.717) is 18.4 Å². The molecule has 0 bridgehead atoms. The zero-order valence-corrected chi connectivity index (χ0v) is 22.8. The van der Waals surface area contributed by atoms with Gasteiger partial charge in [0.05, 0.1) is 25.2 Å². The van der Waals surface area contributed by atoms with Crippen LogP contribution >= 0.6 is 0 Å². The molecular weight excluding hydrogens is 462 g/mol. The minimum Gasteiger partial charge on any atom is -0.496 e. The topological polar surface area (TPSA) is 65.8 Å². The van der Waals surface area contributed by atoms with E-state index in [2.05, 4.69) is 53.4 Å². The van der Waals surface area contributed by atoms with Crippen LogP contribution in [0.3, 0.4) is 0 Å². The van der Waals surface area contributed by atoms with E-state index in [1.165, 1.54) is 11.1 Å². The molecule has 2 saturated heterocycles. The molecule has 0 radical (unpaired) electrons. The number of carbonyl (C=O) groups is 1. The van der Waals surface area contributed by atoms with Gasteiger partial charge in [0, 0.05) is 19.6 Å². The summed E-state index contributed by atoms with van der Waals surface area (Å²) in [5, 5.41) is 9.44. The smallest absolute Gasteiger partial charge is 0.409 e. The van der Waals surface area contributed by atoms with E-state index < -0.39 is 5.41 Å². The van der Waals surface area contributed by atoms with E-state index in [-0.39, 0.29) is 6.09 Å². The first-order valence-electron chi connectivity index (χ1n) is 13.7. The predicted octanol–water partition coefficient (Wildman–Crippen LogP) is 6.21.